The van der Waals surface area contributed by atoms with Gasteiger partial charge in [-0.05, 0) is 50.0 Å². The minimum atomic E-state index is -0.837. The summed E-state index contributed by atoms with van der Waals surface area (Å²) in [4.78, 5) is 41.9. The van der Waals surface area contributed by atoms with Gasteiger partial charge in [0.1, 0.15) is 12.1 Å². The lowest BCUT2D eigenvalue weighted by Crippen LogP contribution is -2.43. The highest BCUT2D eigenvalue weighted by atomic mass is 16.7. The molecule has 2 heterocycles. The number of carbonyl (C=O) groups excluding carboxylic acids is 3. The van der Waals surface area contributed by atoms with Gasteiger partial charge >= 0.3 is 11.9 Å². The molecule has 0 bridgehead atoms. The molecule has 0 radical (unpaired) electrons. The molecule has 0 aliphatic carbocycles. The molecule has 2 aromatic rings. The van der Waals surface area contributed by atoms with E-state index in [1.807, 2.05) is 13.0 Å². The van der Waals surface area contributed by atoms with Crippen LogP contribution < -0.4 is 14.8 Å². The first-order valence-electron chi connectivity index (χ1n) is 13.7. The summed E-state index contributed by atoms with van der Waals surface area (Å²) in [5.74, 6) is -0.745. The number of cyclic esters (lactones) is 1. The van der Waals surface area contributed by atoms with Crippen LogP contribution in [0.4, 0.5) is 0 Å². The Balaban J connectivity index is 1.77. The molecular weight excluding hydrogens is 500 g/mol. The SMILES string of the molecule is CCCCC1[C@@H](Cc2ccccc2)CCC[C@H](NC(=O)c2nccc(OC)c2OCOC(C)=O)C(=O)O[C@H]1C. The molecule has 0 saturated carbocycles. The van der Waals surface area contributed by atoms with Gasteiger partial charge in [-0.3, -0.25) is 9.59 Å². The number of benzene rings is 1. The van der Waals surface area contributed by atoms with E-state index in [2.05, 4.69) is 41.5 Å². The monoisotopic (exact) mass is 540 g/mol. The fourth-order valence-electron chi connectivity index (χ4n) is 5.15. The van der Waals surface area contributed by atoms with Crippen molar-refractivity contribution < 1.29 is 33.3 Å². The Morgan fingerprint density at radius 1 is 1.15 bits per heavy atom. The Kier molecular flexibility index (Phi) is 11.6. The number of hydrogen-bond acceptors (Lipinski definition) is 8. The van der Waals surface area contributed by atoms with E-state index >= 15 is 0 Å². The summed E-state index contributed by atoms with van der Waals surface area (Å²) < 4.78 is 21.6. The van der Waals surface area contributed by atoms with Crippen LogP contribution in [0, 0.1) is 11.8 Å². The van der Waals surface area contributed by atoms with E-state index in [0.717, 1.165) is 38.5 Å². The van der Waals surface area contributed by atoms with Crippen LogP contribution >= 0.6 is 0 Å². The summed E-state index contributed by atoms with van der Waals surface area (Å²) in [6.45, 7) is 4.96. The van der Waals surface area contributed by atoms with E-state index in [0.29, 0.717) is 12.3 Å². The van der Waals surface area contributed by atoms with E-state index in [1.165, 1.54) is 31.9 Å². The Hall–Kier alpha value is -3.62. The maximum atomic E-state index is 13.3. The summed E-state index contributed by atoms with van der Waals surface area (Å²) in [6, 6.07) is 11.1. The van der Waals surface area contributed by atoms with Crippen molar-refractivity contribution in [3.63, 3.8) is 0 Å². The number of carbonyl (C=O) groups is 3. The second kappa shape index (κ2) is 15.1. The van der Waals surface area contributed by atoms with Gasteiger partial charge in [0.05, 0.1) is 7.11 Å². The summed E-state index contributed by atoms with van der Waals surface area (Å²) in [5.41, 5.74) is 1.20. The molecule has 9 heteroatoms. The molecule has 1 unspecified atom stereocenters. The quantitative estimate of drug-likeness (QED) is 0.317. The third-order valence-electron chi connectivity index (χ3n) is 7.17. The van der Waals surface area contributed by atoms with Crippen molar-refractivity contribution in [1.82, 2.24) is 10.3 Å². The summed E-state index contributed by atoms with van der Waals surface area (Å²) in [7, 11) is 1.42. The third-order valence-corrected chi connectivity index (χ3v) is 7.17. The molecule has 1 aliphatic rings. The van der Waals surface area contributed by atoms with Gasteiger partial charge in [0.25, 0.3) is 5.91 Å². The molecule has 1 fully saturated rings. The Morgan fingerprint density at radius 3 is 2.62 bits per heavy atom. The molecule has 4 atom stereocenters. The largest absolute Gasteiger partial charge is 0.493 e. The van der Waals surface area contributed by atoms with E-state index < -0.39 is 30.7 Å². The number of rotatable bonds is 11. The van der Waals surface area contributed by atoms with Gasteiger partial charge in [0, 0.05) is 19.2 Å². The molecule has 39 heavy (non-hydrogen) atoms. The minimum absolute atomic E-state index is 0.0195. The van der Waals surface area contributed by atoms with Crippen LogP contribution in [0.25, 0.3) is 0 Å². The fourth-order valence-corrected chi connectivity index (χ4v) is 5.15. The second-order valence-corrected chi connectivity index (χ2v) is 9.94. The van der Waals surface area contributed by atoms with Crippen LogP contribution in [0.15, 0.2) is 42.6 Å². The molecule has 1 aliphatic heterocycles. The van der Waals surface area contributed by atoms with E-state index in [4.69, 9.17) is 18.9 Å². The van der Waals surface area contributed by atoms with Crippen molar-refractivity contribution >= 4 is 17.8 Å². The predicted octanol–water partition coefficient (Wildman–Crippen LogP) is 4.87. The molecule has 1 amide bonds. The number of pyridine rings is 1. The van der Waals surface area contributed by atoms with Crippen LogP contribution in [0.1, 0.15) is 75.3 Å². The predicted molar refractivity (Wildman–Crippen MR) is 145 cm³/mol. The average Bonchev–Trinajstić information content (AvgIpc) is 2.96. The summed E-state index contributed by atoms with van der Waals surface area (Å²) in [6.07, 6.45) is 7.28. The summed E-state index contributed by atoms with van der Waals surface area (Å²) >= 11 is 0. The maximum Gasteiger partial charge on any atom is 0.328 e. The van der Waals surface area contributed by atoms with Crippen molar-refractivity contribution in [2.75, 3.05) is 13.9 Å². The molecule has 0 spiro atoms. The Bertz CT molecular complexity index is 1090. The number of hydrogen-bond donors (Lipinski definition) is 1. The zero-order valence-corrected chi connectivity index (χ0v) is 23.3. The number of nitrogens with zero attached hydrogens (tertiary/aromatic N) is 1. The van der Waals surface area contributed by atoms with Gasteiger partial charge in [0.2, 0.25) is 6.79 Å². The minimum Gasteiger partial charge on any atom is -0.493 e. The normalized spacial score (nSPS) is 21.5. The Labute approximate surface area is 230 Å². The Morgan fingerprint density at radius 2 is 1.92 bits per heavy atom. The standard InChI is InChI=1S/C30H40N2O7/c1-5-6-14-24-20(2)39-30(35)25(15-10-13-23(24)18-22-11-8-7-9-12-22)32-29(34)27-28(38-19-37-21(3)33)26(36-4)16-17-31-27/h7-9,11-12,16-17,20,23-25H,5-6,10,13-15,18-19H2,1-4H3,(H,32,34)/t20-,23+,24?,25-/m0/s1. The first-order chi connectivity index (χ1) is 18.8. The third kappa shape index (κ3) is 8.70. The number of nitrogens with one attached hydrogen (secondary N) is 1. The first-order valence-corrected chi connectivity index (χ1v) is 13.7. The van der Waals surface area contributed by atoms with Crippen LogP contribution in [0.5, 0.6) is 11.5 Å². The smallest absolute Gasteiger partial charge is 0.328 e. The number of ether oxygens (including phenoxy) is 4. The average molecular weight is 541 g/mol. The van der Waals surface area contributed by atoms with Crippen molar-refractivity contribution in [2.45, 2.75) is 77.9 Å². The molecule has 9 nitrogen and oxygen atoms in total. The molecule has 1 aromatic carbocycles. The highest BCUT2D eigenvalue weighted by Crippen LogP contribution is 2.34. The van der Waals surface area contributed by atoms with Crippen molar-refractivity contribution in [1.29, 1.82) is 0 Å². The van der Waals surface area contributed by atoms with Crippen LogP contribution in [0.3, 0.4) is 0 Å². The number of amides is 1. The molecule has 1 saturated heterocycles. The molecule has 3 rings (SSSR count). The second-order valence-electron chi connectivity index (χ2n) is 9.94. The molecular formula is C30H40N2O7. The summed E-state index contributed by atoms with van der Waals surface area (Å²) in [5, 5.41) is 2.80. The van der Waals surface area contributed by atoms with Crippen LogP contribution in [0.2, 0.25) is 0 Å². The van der Waals surface area contributed by atoms with E-state index in [1.54, 1.807) is 0 Å². The van der Waals surface area contributed by atoms with Gasteiger partial charge < -0.3 is 24.3 Å². The zero-order valence-electron chi connectivity index (χ0n) is 23.3. The lowest BCUT2D eigenvalue weighted by molar-refractivity contribution is -0.154. The molecule has 212 valence electrons. The van der Waals surface area contributed by atoms with Crippen molar-refractivity contribution in [2.24, 2.45) is 11.8 Å². The number of aromatic nitrogens is 1. The van der Waals surface area contributed by atoms with Gasteiger partial charge in [-0.2, -0.15) is 0 Å². The van der Waals surface area contributed by atoms with Crippen molar-refractivity contribution in [3.05, 3.63) is 53.9 Å². The van der Waals surface area contributed by atoms with Crippen LogP contribution in [-0.4, -0.2) is 48.9 Å². The molecule has 1 N–H and O–H groups in total. The number of methoxy groups -OCH3 is 1. The maximum absolute atomic E-state index is 13.3. The number of esters is 2. The van der Waals surface area contributed by atoms with Crippen LogP contribution in [-0.2, 0) is 25.5 Å². The van der Waals surface area contributed by atoms with E-state index in [9.17, 15) is 14.4 Å². The lowest BCUT2D eigenvalue weighted by atomic mass is 9.78. The zero-order chi connectivity index (χ0) is 28.2. The lowest BCUT2D eigenvalue weighted by Gasteiger charge is -2.31. The number of unbranched alkanes of at least 4 members (excludes halogenated alkanes) is 1. The molecule has 1 aromatic heterocycles. The first kappa shape index (κ1) is 29.9. The highest BCUT2D eigenvalue weighted by molar-refractivity contribution is 5.98. The van der Waals surface area contributed by atoms with Crippen molar-refractivity contribution in [3.8, 4) is 11.5 Å². The van der Waals surface area contributed by atoms with E-state index in [-0.39, 0.29) is 29.2 Å². The van der Waals surface area contributed by atoms with Gasteiger partial charge in [-0.1, -0.05) is 56.5 Å². The van der Waals surface area contributed by atoms with Gasteiger partial charge in [-0.15, -0.1) is 0 Å². The fraction of sp³-hybridized carbons (Fsp3) is 0.533. The van der Waals surface area contributed by atoms with Gasteiger partial charge in [0.15, 0.2) is 17.2 Å². The van der Waals surface area contributed by atoms with Gasteiger partial charge in [-0.25, -0.2) is 9.78 Å². The highest BCUT2D eigenvalue weighted by Gasteiger charge is 2.34. The topological polar surface area (TPSA) is 113 Å².